The monoisotopic (exact) mass is 393 g/mol. The number of hydrogen-bond donors (Lipinski definition) is 2. The molecule has 0 radical (unpaired) electrons. The Morgan fingerprint density at radius 3 is 2.73 bits per heavy atom. The fourth-order valence-corrected chi connectivity index (χ4v) is 2.46. The molecule has 0 atom stereocenters. The molecule has 0 bridgehead atoms. The van der Waals surface area contributed by atoms with Crippen LogP contribution in [-0.4, -0.2) is 31.7 Å². The average Bonchev–Trinajstić information content (AvgIpc) is 2.59. The van der Waals surface area contributed by atoms with Gasteiger partial charge in [0, 0.05) is 0 Å². The van der Waals surface area contributed by atoms with Crippen LogP contribution in [0, 0.1) is 6.92 Å². The predicted octanol–water partition coefficient (Wildman–Crippen LogP) is 3.28. The number of benzene rings is 2. The Kier molecular flexibility index (Phi) is 7.50. The van der Waals surface area contributed by atoms with Gasteiger partial charge in [-0.1, -0.05) is 23.7 Å². The Balaban J connectivity index is 1.97. The Labute approximate surface area is 162 Å². The van der Waals surface area contributed by atoms with Crippen molar-refractivity contribution < 1.29 is 14.2 Å². The summed E-state index contributed by atoms with van der Waals surface area (Å²) < 4.78 is 16.7. The molecule has 0 aliphatic rings. The summed E-state index contributed by atoms with van der Waals surface area (Å²) in [4.78, 5) is 0. The summed E-state index contributed by atoms with van der Waals surface area (Å²) >= 11 is 11.0. The van der Waals surface area contributed by atoms with E-state index in [1.807, 2.05) is 31.2 Å². The first-order chi connectivity index (χ1) is 12.5. The SMILES string of the molecule is COc1cc(/C=N\NC(N)=S)cc(Cl)c1OCCOc1cccc(C)c1. The van der Waals surface area contributed by atoms with Crippen molar-refractivity contribution in [3.63, 3.8) is 0 Å². The van der Waals surface area contributed by atoms with Gasteiger partial charge in [0.25, 0.3) is 0 Å². The lowest BCUT2D eigenvalue weighted by Gasteiger charge is -2.14. The maximum absolute atomic E-state index is 6.29. The van der Waals surface area contributed by atoms with E-state index in [0.717, 1.165) is 11.3 Å². The molecule has 0 fully saturated rings. The smallest absolute Gasteiger partial charge is 0.184 e. The molecule has 0 unspecified atom stereocenters. The highest BCUT2D eigenvalue weighted by Gasteiger charge is 2.11. The van der Waals surface area contributed by atoms with Crippen LogP contribution in [0.1, 0.15) is 11.1 Å². The number of nitrogens with two attached hydrogens (primary N) is 1. The lowest BCUT2D eigenvalue weighted by molar-refractivity contribution is 0.211. The van der Waals surface area contributed by atoms with Crippen LogP contribution in [0.25, 0.3) is 0 Å². The van der Waals surface area contributed by atoms with E-state index >= 15 is 0 Å². The van der Waals surface area contributed by atoms with Crippen LogP contribution in [0.4, 0.5) is 0 Å². The van der Waals surface area contributed by atoms with Crippen molar-refractivity contribution in [1.29, 1.82) is 0 Å². The van der Waals surface area contributed by atoms with Crippen molar-refractivity contribution in [2.45, 2.75) is 6.92 Å². The van der Waals surface area contributed by atoms with E-state index in [0.29, 0.717) is 35.3 Å². The molecule has 6 nitrogen and oxygen atoms in total. The Bertz CT molecular complexity index is 799. The topological polar surface area (TPSA) is 78.1 Å². The van der Waals surface area contributed by atoms with Crippen LogP contribution in [0.3, 0.4) is 0 Å². The summed E-state index contributed by atoms with van der Waals surface area (Å²) in [5.74, 6) is 1.73. The molecule has 0 spiro atoms. The van der Waals surface area contributed by atoms with Gasteiger partial charge in [0.1, 0.15) is 19.0 Å². The molecule has 0 aliphatic carbocycles. The van der Waals surface area contributed by atoms with Crippen molar-refractivity contribution in [2.24, 2.45) is 10.8 Å². The average molecular weight is 394 g/mol. The summed E-state index contributed by atoms with van der Waals surface area (Å²) in [5, 5.41) is 4.36. The van der Waals surface area contributed by atoms with E-state index in [2.05, 4.69) is 22.7 Å². The lowest BCUT2D eigenvalue weighted by atomic mass is 10.2. The zero-order valence-electron chi connectivity index (χ0n) is 14.5. The first-order valence-electron chi connectivity index (χ1n) is 7.78. The molecule has 0 saturated carbocycles. The number of aryl methyl sites for hydroxylation is 1. The fourth-order valence-electron chi connectivity index (χ4n) is 2.13. The van der Waals surface area contributed by atoms with Crippen LogP contribution in [0.2, 0.25) is 5.02 Å². The van der Waals surface area contributed by atoms with Gasteiger partial charge >= 0.3 is 0 Å². The molecule has 138 valence electrons. The Hall–Kier alpha value is -2.51. The van der Waals surface area contributed by atoms with E-state index in [9.17, 15) is 0 Å². The second-order valence-corrected chi connectivity index (χ2v) is 6.13. The number of halogens is 1. The molecule has 0 aliphatic heterocycles. The quantitative estimate of drug-likeness (QED) is 0.310. The minimum absolute atomic E-state index is 0.0767. The van der Waals surface area contributed by atoms with Crippen LogP contribution >= 0.6 is 23.8 Å². The van der Waals surface area contributed by atoms with Gasteiger partial charge in [-0.05, 0) is 54.5 Å². The Morgan fingerprint density at radius 1 is 1.27 bits per heavy atom. The minimum Gasteiger partial charge on any atom is -0.493 e. The summed E-state index contributed by atoms with van der Waals surface area (Å²) in [6.45, 7) is 2.71. The number of hydrogen-bond acceptors (Lipinski definition) is 5. The van der Waals surface area contributed by atoms with Gasteiger partial charge < -0.3 is 19.9 Å². The molecule has 0 amide bonds. The largest absolute Gasteiger partial charge is 0.493 e. The fraction of sp³-hybridized carbons (Fsp3) is 0.222. The number of nitrogens with one attached hydrogen (secondary N) is 1. The standard InChI is InChI=1S/C18H20ClN3O3S/c1-12-4-3-5-14(8-12)24-6-7-25-17-15(19)9-13(10-16(17)23-2)11-21-22-18(20)26/h3-5,8-11H,6-7H2,1-2H3,(H3,20,22,26)/b21-11-. The van der Waals surface area contributed by atoms with Gasteiger partial charge in [-0.15, -0.1) is 0 Å². The molecule has 8 heteroatoms. The second-order valence-electron chi connectivity index (χ2n) is 5.28. The van der Waals surface area contributed by atoms with E-state index in [1.54, 1.807) is 12.1 Å². The molecule has 0 saturated heterocycles. The second kappa shape index (κ2) is 9.84. The van der Waals surface area contributed by atoms with Gasteiger partial charge in [0.15, 0.2) is 16.6 Å². The van der Waals surface area contributed by atoms with Gasteiger partial charge in [-0.2, -0.15) is 5.10 Å². The van der Waals surface area contributed by atoms with Crippen molar-refractivity contribution in [3.8, 4) is 17.2 Å². The zero-order chi connectivity index (χ0) is 18.9. The highest BCUT2D eigenvalue weighted by Crippen LogP contribution is 2.36. The maximum Gasteiger partial charge on any atom is 0.184 e. The number of methoxy groups -OCH3 is 1. The maximum atomic E-state index is 6.29. The third kappa shape index (κ3) is 6.09. The van der Waals surface area contributed by atoms with Crippen molar-refractivity contribution in [3.05, 3.63) is 52.5 Å². The molecule has 0 aromatic heterocycles. The highest BCUT2D eigenvalue weighted by atomic mass is 35.5. The van der Waals surface area contributed by atoms with E-state index in [-0.39, 0.29) is 5.11 Å². The predicted molar refractivity (Wildman–Crippen MR) is 108 cm³/mol. The number of thiocarbonyl (C=S) groups is 1. The number of rotatable bonds is 8. The summed E-state index contributed by atoms with van der Waals surface area (Å²) in [7, 11) is 1.54. The van der Waals surface area contributed by atoms with Crippen LogP contribution in [-0.2, 0) is 0 Å². The Morgan fingerprint density at radius 2 is 2.04 bits per heavy atom. The molecular weight excluding hydrogens is 374 g/mol. The summed E-state index contributed by atoms with van der Waals surface area (Å²) in [6, 6.07) is 11.3. The highest BCUT2D eigenvalue weighted by molar-refractivity contribution is 7.80. The molecule has 2 aromatic rings. The third-order valence-corrected chi connectivity index (χ3v) is 3.60. The van der Waals surface area contributed by atoms with Crippen LogP contribution in [0.5, 0.6) is 17.2 Å². The molecule has 2 aromatic carbocycles. The van der Waals surface area contributed by atoms with E-state index < -0.39 is 0 Å². The number of ether oxygens (including phenoxy) is 3. The van der Waals surface area contributed by atoms with E-state index in [1.165, 1.54) is 13.3 Å². The normalized spacial score (nSPS) is 10.6. The molecule has 3 N–H and O–H groups in total. The minimum atomic E-state index is 0.0767. The van der Waals surface area contributed by atoms with Crippen LogP contribution in [0.15, 0.2) is 41.5 Å². The van der Waals surface area contributed by atoms with Crippen molar-refractivity contribution in [1.82, 2.24) is 5.43 Å². The van der Waals surface area contributed by atoms with Gasteiger partial charge in [0.2, 0.25) is 0 Å². The third-order valence-electron chi connectivity index (χ3n) is 3.23. The van der Waals surface area contributed by atoms with Crippen molar-refractivity contribution in [2.75, 3.05) is 20.3 Å². The molecule has 2 rings (SSSR count). The van der Waals surface area contributed by atoms with Crippen LogP contribution < -0.4 is 25.4 Å². The first kappa shape index (κ1) is 19.8. The molecule has 26 heavy (non-hydrogen) atoms. The summed E-state index contributed by atoms with van der Waals surface area (Å²) in [6.07, 6.45) is 1.53. The van der Waals surface area contributed by atoms with Gasteiger partial charge in [-0.3, -0.25) is 5.43 Å². The van der Waals surface area contributed by atoms with E-state index in [4.69, 9.17) is 31.5 Å². The molecule has 0 heterocycles. The van der Waals surface area contributed by atoms with Gasteiger partial charge in [-0.25, -0.2) is 0 Å². The van der Waals surface area contributed by atoms with Gasteiger partial charge in [0.05, 0.1) is 18.3 Å². The molecular formula is C18H20ClN3O3S. The number of hydrazone groups is 1. The number of nitrogens with zero attached hydrogens (tertiary/aromatic N) is 1. The lowest BCUT2D eigenvalue weighted by Crippen LogP contribution is -2.23. The summed E-state index contributed by atoms with van der Waals surface area (Å²) in [5.41, 5.74) is 9.62. The van der Waals surface area contributed by atoms with Crippen molar-refractivity contribution >= 4 is 35.1 Å². The first-order valence-corrected chi connectivity index (χ1v) is 8.56. The zero-order valence-corrected chi connectivity index (χ0v) is 16.1.